The van der Waals surface area contributed by atoms with Gasteiger partial charge in [-0.05, 0) is 36.6 Å². The molecule has 4 rings (SSSR count). The number of fused-ring (bicyclic) bond motifs is 1. The second-order valence-electron chi connectivity index (χ2n) is 7.55. The predicted molar refractivity (Wildman–Crippen MR) is 113 cm³/mol. The number of aromatic amines is 1. The molecule has 0 atom stereocenters. The van der Waals surface area contributed by atoms with Gasteiger partial charge in [-0.3, -0.25) is 9.69 Å². The van der Waals surface area contributed by atoms with Crippen molar-refractivity contribution in [1.29, 1.82) is 0 Å². The summed E-state index contributed by atoms with van der Waals surface area (Å²) in [6, 6.07) is 12.4. The van der Waals surface area contributed by atoms with Crippen LogP contribution in [-0.4, -0.2) is 52.4 Å². The first-order chi connectivity index (χ1) is 13.6. The van der Waals surface area contributed by atoms with E-state index >= 15 is 0 Å². The van der Waals surface area contributed by atoms with E-state index in [1.54, 1.807) is 6.20 Å². The van der Waals surface area contributed by atoms with Gasteiger partial charge in [0.1, 0.15) is 5.65 Å². The Morgan fingerprint density at radius 1 is 1.25 bits per heavy atom. The van der Waals surface area contributed by atoms with Gasteiger partial charge < -0.3 is 9.88 Å². The zero-order valence-electron chi connectivity index (χ0n) is 16.5. The van der Waals surface area contributed by atoms with E-state index < -0.39 is 0 Å². The number of amides is 1. The lowest BCUT2D eigenvalue weighted by Crippen LogP contribution is -2.39. The van der Waals surface area contributed by atoms with E-state index in [1.807, 2.05) is 24.2 Å². The Hall–Kier alpha value is -2.92. The molecule has 0 saturated heterocycles. The molecule has 1 N–H and O–H groups in total. The number of aryl methyl sites for hydroxylation is 1. The van der Waals surface area contributed by atoms with Gasteiger partial charge in [-0.15, -0.1) is 0 Å². The number of aromatic nitrogens is 2. The molecular weight excluding hydrogens is 348 g/mol. The van der Waals surface area contributed by atoms with E-state index in [1.165, 1.54) is 16.7 Å². The molecule has 0 bridgehead atoms. The van der Waals surface area contributed by atoms with Crippen molar-refractivity contribution in [1.82, 2.24) is 19.8 Å². The van der Waals surface area contributed by atoms with Crippen molar-refractivity contribution in [3.63, 3.8) is 0 Å². The molecule has 0 unspecified atom stereocenters. The van der Waals surface area contributed by atoms with Gasteiger partial charge in [0, 0.05) is 50.0 Å². The minimum Gasteiger partial charge on any atom is -0.346 e. The van der Waals surface area contributed by atoms with Crippen molar-refractivity contribution >= 4 is 22.5 Å². The number of nitrogens with one attached hydrogen (secondary N) is 1. The minimum atomic E-state index is 0.161. The molecule has 0 aliphatic carbocycles. The quantitative estimate of drug-likeness (QED) is 0.742. The molecule has 0 fully saturated rings. The molecule has 1 amide bonds. The molecule has 1 aromatic carbocycles. The number of hydrogen-bond donors (Lipinski definition) is 1. The largest absolute Gasteiger partial charge is 0.346 e. The minimum absolute atomic E-state index is 0.161. The summed E-state index contributed by atoms with van der Waals surface area (Å²) in [6.07, 6.45) is 7.03. The van der Waals surface area contributed by atoms with E-state index in [-0.39, 0.29) is 5.91 Å². The summed E-state index contributed by atoms with van der Waals surface area (Å²) < 4.78 is 0. The summed E-state index contributed by atoms with van der Waals surface area (Å²) in [5.41, 5.74) is 5.88. The third-order valence-electron chi connectivity index (χ3n) is 5.42. The van der Waals surface area contributed by atoms with Crippen molar-refractivity contribution in [2.75, 3.05) is 26.7 Å². The number of benzene rings is 1. The normalized spacial score (nSPS) is 14.9. The molecule has 0 spiro atoms. The van der Waals surface area contributed by atoms with E-state index in [2.05, 4.69) is 58.2 Å². The average Bonchev–Trinajstić information content (AvgIpc) is 3.14. The summed E-state index contributed by atoms with van der Waals surface area (Å²) in [7, 11) is 1.88. The van der Waals surface area contributed by atoms with Gasteiger partial charge in [-0.2, -0.15) is 0 Å². The van der Waals surface area contributed by atoms with Crippen molar-refractivity contribution < 1.29 is 4.79 Å². The molecule has 144 valence electrons. The molecule has 0 radical (unpaired) electrons. The molecule has 5 nitrogen and oxygen atoms in total. The number of H-pyrrole nitrogens is 1. The summed E-state index contributed by atoms with van der Waals surface area (Å²) in [5, 5.41) is 1.16. The molecule has 5 heteroatoms. The predicted octanol–water partition coefficient (Wildman–Crippen LogP) is 3.62. The summed E-state index contributed by atoms with van der Waals surface area (Å²) in [5.74, 6) is 0.161. The lowest BCUT2D eigenvalue weighted by molar-refractivity contribution is -0.131. The van der Waals surface area contributed by atoms with E-state index in [0.29, 0.717) is 13.1 Å². The number of likely N-dealkylation sites (N-methyl/N-ethyl adjacent to an activating group) is 1. The van der Waals surface area contributed by atoms with Crippen LogP contribution in [0.15, 0.2) is 54.9 Å². The van der Waals surface area contributed by atoms with Crippen molar-refractivity contribution in [3.8, 4) is 0 Å². The van der Waals surface area contributed by atoms with Gasteiger partial charge in [0.25, 0.3) is 0 Å². The maximum atomic E-state index is 12.6. The molecule has 3 aromatic rings. The van der Waals surface area contributed by atoms with Gasteiger partial charge in [0.2, 0.25) is 5.91 Å². The highest BCUT2D eigenvalue weighted by Crippen LogP contribution is 2.28. The SMILES string of the molecule is Cc1ccc(CN(C)C(=O)CN2CC=C(c3c[nH]c4ncccc34)CC2)cc1. The Balaban J connectivity index is 1.35. The maximum Gasteiger partial charge on any atom is 0.236 e. The maximum absolute atomic E-state index is 12.6. The molecule has 3 heterocycles. The van der Waals surface area contributed by atoms with Crippen LogP contribution < -0.4 is 0 Å². The number of rotatable bonds is 5. The van der Waals surface area contributed by atoms with Crippen LogP contribution in [-0.2, 0) is 11.3 Å². The lowest BCUT2D eigenvalue weighted by atomic mass is 9.99. The van der Waals surface area contributed by atoms with E-state index in [4.69, 9.17) is 0 Å². The second-order valence-corrected chi connectivity index (χ2v) is 7.55. The Kier molecular flexibility index (Phi) is 5.26. The Bertz CT molecular complexity index is 1000. The van der Waals surface area contributed by atoms with E-state index in [9.17, 15) is 4.79 Å². The standard InChI is InChI=1S/C23H26N4O/c1-17-5-7-18(8-6-17)15-26(2)22(28)16-27-12-9-19(10-13-27)21-14-25-23-20(21)4-3-11-24-23/h3-9,11,14H,10,12-13,15-16H2,1-2H3,(H,24,25). The van der Waals surface area contributed by atoms with Crippen molar-refractivity contribution in [3.05, 3.63) is 71.6 Å². The van der Waals surface area contributed by atoms with Crippen LogP contribution in [0.1, 0.15) is 23.1 Å². The number of nitrogens with zero attached hydrogens (tertiary/aromatic N) is 3. The first kappa shape index (κ1) is 18.4. The zero-order chi connectivity index (χ0) is 19.5. The fourth-order valence-corrected chi connectivity index (χ4v) is 3.69. The Morgan fingerprint density at radius 3 is 2.82 bits per heavy atom. The van der Waals surface area contributed by atoms with Crippen molar-refractivity contribution in [2.45, 2.75) is 19.9 Å². The molecule has 28 heavy (non-hydrogen) atoms. The van der Waals surface area contributed by atoms with Gasteiger partial charge >= 0.3 is 0 Å². The Morgan fingerprint density at radius 2 is 2.07 bits per heavy atom. The molecule has 1 aliphatic heterocycles. The summed E-state index contributed by atoms with van der Waals surface area (Å²) in [6.45, 7) is 4.87. The average molecular weight is 374 g/mol. The molecule has 2 aromatic heterocycles. The first-order valence-electron chi connectivity index (χ1n) is 9.73. The van der Waals surface area contributed by atoms with Gasteiger partial charge in [-0.1, -0.05) is 35.9 Å². The van der Waals surface area contributed by atoms with Gasteiger partial charge in [-0.25, -0.2) is 4.98 Å². The highest BCUT2D eigenvalue weighted by Gasteiger charge is 2.19. The van der Waals surface area contributed by atoms with Crippen LogP contribution in [0.25, 0.3) is 16.6 Å². The van der Waals surface area contributed by atoms with Crippen LogP contribution in [0.4, 0.5) is 0 Å². The fourth-order valence-electron chi connectivity index (χ4n) is 3.69. The number of pyridine rings is 1. The molecule has 0 saturated carbocycles. The number of carbonyl (C=O) groups excluding carboxylic acids is 1. The van der Waals surface area contributed by atoms with Crippen LogP contribution in [0.2, 0.25) is 0 Å². The van der Waals surface area contributed by atoms with Crippen LogP contribution >= 0.6 is 0 Å². The van der Waals surface area contributed by atoms with Crippen molar-refractivity contribution in [2.24, 2.45) is 0 Å². The second kappa shape index (κ2) is 7.98. The summed E-state index contributed by atoms with van der Waals surface area (Å²) in [4.78, 5) is 24.3. The lowest BCUT2D eigenvalue weighted by Gasteiger charge is -2.28. The van der Waals surface area contributed by atoms with E-state index in [0.717, 1.165) is 36.1 Å². The number of hydrogen-bond acceptors (Lipinski definition) is 3. The topological polar surface area (TPSA) is 52.2 Å². The Labute approximate surface area is 165 Å². The van der Waals surface area contributed by atoms with Gasteiger partial charge in [0.15, 0.2) is 0 Å². The van der Waals surface area contributed by atoms with Crippen LogP contribution in [0.5, 0.6) is 0 Å². The smallest absolute Gasteiger partial charge is 0.236 e. The zero-order valence-corrected chi connectivity index (χ0v) is 16.5. The third-order valence-corrected chi connectivity index (χ3v) is 5.42. The monoisotopic (exact) mass is 374 g/mol. The third kappa shape index (κ3) is 3.99. The summed E-state index contributed by atoms with van der Waals surface area (Å²) >= 11 is 0. The first-order valence-corrected chi connectivity index (χ1v) is 9.73. The molecule has 1 aliphatic rings. The fraction of sp³-hybridized carbons (Fsp3) is 0.304. The molecular formula is C23H26N4O. The van der Waals surface area contributed by atoms with Crippen LogP contribution in [0.3, 0.4) is 0 Å². The highest BCUT2D eigenvalue weighted by molar-refractivity contribution is 5.90. The van der Waals surface area contributed by atoms with Gasteiger partial charge in [0.05, 0.1) is 6.54 Å². The van der Waals surface area contributed by atoms with Crippen LogP contribution in [0, 0.1) is 6.92 Å². The highest BCUT2D eigenvalue weighted by atomic mass is 16.2. The number of carbonyl (C=O) groups is 1.